The minimum atomic E-state index is -0.650. The molecule has 1 aromatic carbocycles. The van der Waals surface area contributed by atoms with E-state index in [1.54, 1.807) is 43.1 Å². The number of amides is 1. The summed E-state index contributed by atoms with van der Waals surface area (Å²) in [5.74, 6) is 2.56. The third-order valence-electron chi connectivity index (χ3n) is 2.39. The Labute approximate surface area is 117 Å². The van der Waals surface area contributed by atoms with Crippen LogP contribution in [0.1, 0.15) is 17.9 Å². The van der Waals surface area contributed by atoms with E-state index in [2.05, 4.69) is 12.2 Å². The maximum absolute atomic E-state index is 11.8. The Morgan fingerprint density at radius 1 is 1.44 bits per heavy atom. The number of ether oxygens (including phenoxy) is 1. The van der Waals surface area contributed by atoms with E-state index in [1.165, 1.54) is 0 Å². The Bertz CT molecular complexity index is 370. The molecule has 1 atom stereocenters. The normalized spacial score (nSPS) is 11.9. The van der Waals surface area contributed by atoms with Crippen molar-refractivity contribution in [1.29, 1.82) is 0 Å². The second-order valence-corrected chi connectivity index (χ2v) is 5.45. The van der Waals surface area contributed by atoms with E-state index in [4.69, 9.17) is 16.3 Å². The number of nitrogens with one attached hydrogen (secondary N) is 1. The average Bonchev–Trinajstić information content (AvgIpc) is 2.42. The summed E-state index contributed by atoms with van der Waals surface area (Å²) in [7, 11) is 1.60. The van der Waals surface area contributed by atoms with E-state index in [9.17, 15) is 4.79 Å². The molecular formula is C13H18ClNO2S. The molecule has 0 bridgehead atoms. The Morgan fingerprint density at radius 3 is 2.67 bits per heavy atom. The van der Waals surface area contributed by atoms with Gasteiger partial charge in [-0.05, 0) is 23.4 Å². The van der Waals surface area contributed by atoms with Crippen molar-refractivity contribution in [2.45, 2.75) is 12.3 Å². The van der Waals surface area contributed by atoms with Crippen LogP contribution >= 0.6 is 23.4 Å². The molecule has 0 aliphatic carbocycles. The van der Waals surface area contributed by atoms with E-state index in [0.717, 1.165) is 22.8 Å². The highest BCUT2D eigenvalue weighted by Gasteiger charge is 2.16. The first-order valence-electron chi connectivity index (χ1n) is 5.82. The highest BCUT2D eigenvalue weighted by atomic mass is 35.5. The van der Waals surface area contributed by atoms with Crippen LogP contribution in [0, 0.1) is 0 Å². The molecule has 5 heteroatoms. The molecule has 1 rings (SSSR count). The van der Waals surface area contributed by atoms with E-state index in [-0.39, 0.29) is 5.91 Å². The van der Waals surface area contributed by atoms with Crippen LogP contribution in [-0.4, -0.2) is 31.1 Å². The minimum Gasteiger partial charge on any atom is -0.497 e. The molecule has 1 amide bonds. The summed E-state index contributed by atoms with van der Waals surface area (Å²) < 4.78 is 5.05. The Kier molecular flexibility index (Phi) is 6.98. The number of hydrogen-bond donors (Lipinski definition) is 1. The van der Waals surface area contributed by atoms with Gasteiger partial charge in [0.15, 0.2) is 0 Å². The van der Waals surface area contributed by atoms with Gasteiger partial charge in [0.05, 0.1) is 7.11 Å². The van der Waals surface area contributed by atoms with Gasteiger partial charge in [-0.15, -0.1) is 11.6 Å². The van der Waals surface area contributed by atoms with Crippen LogP contribution in [0.4, 0.5) is 0 Å². The number of thioether (sulfide) groups is 1. The van der Waals surface area contributed by atoms with Gasteiger partial charge in [-0.25, -0.2) is 0 Å². The lowest BCUT2D eigenvalue weighted by atomic mass is 10.1. The van der Waals surface area contributed by atoms with Crippen LogP contribution in [0.15, 0.2) is 24.3 Å². The summed E-state index contributed by atoms with van der Waals surface area (Å²) in [4.78, 5) is 11.8. The predicted octanol–water partition coefficient (Wildman–Crippen LogP) is 2.84. The van der Waals surface area contributed by atoms with E-state index in [0.29, 0.717) is 6.54 Å². The molecule has 0 saturated heterocycles. The number of hydrogen-bond acceptors (Lipinski definition) is 3. The lowest BCUT2D eigenvalue weighted by molar-refractivity contribution is -0.120. The fraction of sp³-hybridized carbons (Fsp3) is 0.462. The van der Waals surface area contributed by atoms with Crippen LogP contribution in [0.25, 0.3) is 0 Å². The highest BCUT2D eigenvalue weighted by Crippen LogP contribution is 2.22. The molecule has 0 saturated carbocycles. The van der Waals surface area contributed by atoms with Crippen molar-refractivity contribution in [1.82, 2.24) is 5.32 Å². The third kappa shape index (κ3) is 4.78. The van der Waals surface area contributed by atoms with Crippen molar-refractivity contribution in [3.63, 3.8) is 0 Å². The second kappa shape index (κ2) is 8.27. The van der Waals surface area contributed by atoms with Gasteiger partial charge >= 0.3 is 0 Å². The van der Waals surface area contributed by atoms with Gasteiger partial charge in [-0.2, -0.15) is 11.8 Å². The van der Waals surface area contributed by atoms with Crippen molar-refractivity contribution in [2.75, 3.05) is 25.2 Å². The van der Waals surface area contributed by atoms with Crippen molar-refractivity contribution in [2.24, 2.45) is 0 Å². The van der Waals surface area contributed by atoms with E-state index < -0.39 is 5.38 Å². The lowest BCUT2D eigenvalue weighted by Crippen LogP contribution is -2.29. The summed E-state index contributed by atoms with van der Waals surface area (Å²) in [5.41, 5.74) is 0.776. The number of methoxy groups -OCH3 is 1. The van der Waals surface area contributed by atoms with Crippen molar-refractivity contribution >= 4 is 29.3 Å². The van der Waals surface area contributed by atoms with Crippen LogP contribution in [-0.2, 0) is 4.79 Å². The molecule has 0 aromatic heterocycles. The van der Waals surface area contributed by atoms with Gasteiger partial charge in [0.25, 0.3) is 0 Å². The molecule has 1 unspecified atom stereocenters. The molecular weight excluding hydrogens is 270 g/mol. The number of carbonyl (C=O) groups is 1. The van der Waals surface area contributed by atoms with Crippen molar-refractivity contribution < 1.29 is 9.53 Å². The van der Waals surface area contributed by atoms with Gasteiger partial charge in [0.2, 0.25) is 5.91 Å². The van der Waals surface area contributed by atoms with Crippen molar-refractivity contribution in [3.05, 3.63) is 29.8 Å². The topological polar surface area (TPSA) is 38.3 Å². The first kappa shape index (κ1) is 15.2. The molecule has 0 aliphatic rings. The van der Waals surface area contributed by atoms with Crippen molar-refractivity contribution in [3.8, 4) is 5.75 Å². The van der Waals surface area contributed by atoms with Gasteiger partial charge in [-0.1, -0.05) is 19.1 Å². The van der Waals surface area contributed by atoms with E-state index in [1.807, 2.05) is 0 Å². The summed E-state index contributed by atoms with van der Waals surface area (Å²) in [6.07, 6.45) is 0. The average molecular weight is 288 g/mol. The molecule has 0 aliphatic heterocycles. The predicted molar refractivity (Wildman–Crippen MR) is 77.6 cm³/mol. The Hall–Kier alpha value is -0.870. The molecule has 0 radical (unpaired) electrons. The highest BCUT2D eigenvalue weighted by molar-refractivity contribution is 7.99. The van der Waals surface area contributed by atoms with Crippen LogP contribution < -0.4 is 10.1 Å². The van der Waals surface area contributed by atoms with Gasteiger partial charge in [0, 0.05) is 12.3 Å². The first-order chi connectivity index (χ1) is 8.69. The lowest BCUT2D eigenvalue weighted by Gasteiger charge is -2.11. The standard InChI is InChI=1S/C13H18ClNO2S/c1-3-18-9-8-15-13(16)12(14)10-4-6-11(17-2)7-5-10/h4-7,12H,3,8-9H2,1-2H3,(H,15,16). The molecule has 0 fully saturated rings. The number of halogens is 1. The zero-order valence-corrected chi connectivity index (χ0v) is 12.2. The summed E-state index contributed by atoms with van der Waals surface area (Å²) >= 11 is 7.89. The zero-order valence-electron chi connectivity index (χ0n) is 10.6. The number of alkyl halides is 1. The SMILES string of the molecule is CCSCCNC(=O)C(Cl)c1ccc(OC)cc1. The molecule has 1 N–H and O–H groups in total. The quantitative estimate of drug-likeness (QED) is 0.619. The Morgan fingerprint density at radius 2 is 2.11 bits per heavy atom. The molecule has 1 aromatic rings. The van der Waals surface area contributed by atoms with Gasteiger partial charge in [-0.3, -0.25) is 4.79 Å². The van der Waals surface area contributed by atoms with Gasteiger partial charge < -0.3 is 10.1 Å². The number of carbonyl (C=O) groups excluding carboxylic acids is 1. The monoisotopic (exact) mass is 287 g/mol. The fourth-order valence-electron chi connectivity index (χ4n) is 1.40. The molecule has 0 heterocycles. The second-order valence-electron chi connectivity index (χ2n) is 3.62. The van der Waals surface area contributed by atoms with Gasteiger partial charge in [0.1, 0.15) is 11.1 Å². The number of benzene rings is 1. The van der Waals surface area contributed by atoms with Crippen LogP contribution in [0.3, 0.4) is 0 Å². The maximum atomic E-state index is 11.8. The van der Waals surface area contributed by atoms with Crippen LogP contribution in [0.5, 0.6) is 5.75 Å². The molecule has 3 nitrogen and oxygen atoms in total. The summed E-state index contributed by atoms with van der Waals surface area (Å²) in [5, 5.41) is 2.17. The summed E-state index contributed by atoms with van der Waals surface area (Å²) in [6, 6.07) is 7.20. The van der Waals surface area contributed by atoms with Crippen LogP contribution in [0.2, 0.25) is 0 Å². The zero-order chi connectivity index (χ0) is 13.4. The molecule has 100 valence electrons. The first-order valence-corrected chi connectivity index (χ1v) is 7.41. The number of rotatable bonds is 7. The fourth-order valence-corrected chi connectivity index (χ4v) is 2.16. The third-order valence-corrected chi connectivity index (χ3v) is 3.74. The molecule has 18 heavy (non-hydrogen) atoms. The van der Waals surface area contributed by atoms with E-state index >= 15 is 0 Å². The largest absolute Gasteiger partial charge is 0.497 e. The maximum Gasteiger partial charge on any atom is 0.242 e. The molecule has 0 spiro atoms. The minimum absolute atomic E-state index is 0.154. The smallest absolute Gasteiger partial charge is 0.242 e. The summed E-state index contributed by atoms with van der Waals surface area (Å²) in [6.45, 7) is 2.74. The Balaban J connectivity index is 2.46.